The highest BCUT2D eigenvalue weighted by Gasteiger charge is 2.04. The average molecular weight is 279 g/mol. The van der Waals surface area contributed by atoms with Crippen molar-refractivity contribution in [2.45, 2.75) is 6.92 Å². The second-order valence-electron chi connectivity index (χ2n) is 3.40. The number of pyridine rings is 1. The Bertz CT molecular complexity index is 497. The lowest BCUT2D eigenvalue weighted by Crippen LogP contribution is -1.95. The summed E-state index contributed by atoms with van der Waals surface area (Å²) in [5.74, 6) is 1.16. The van der Waals surface area contributed by atoms with Gasteiger partial charge in [-0.25, -0.2) is 4.98 Å². The first-order valence-corrected chi connectivity index (χ1v) is 5.60. The van der Waals surface area contributed by atoms with Crippen molar-refractivity contribution in [3.63, 3.8) is 0 Å². The van der Waals surface area contributed by atoms with Gasteiger partial charge < -0.3 is 10.5 Å². The van der Waals surface area contributed by atoms with Crippen molar-refractivity contribution in [3.05, 3.63) is 46.6 Å². The lowest BCUT2D eigenvalue weighted by molar-refractivity contribution is 0.464. The van der Waals surface area contributed by atoms with Crippen LogP contribution in [0.25, 0.3) is 0 Å². The van der Waals surface area contributed by atoms with Crippen LogP contribution in [0.4, 0.5) is 5.69 Å². The van der Waals surface area contributed by atoms with E-state index in [1.165, 1.54) is 0 Å². The number of hydrogen-bond donors (Lipinski definition) is 1. The van der Waals surface area contributed by atoms with Crippen LogP contribution < -0.4 is 10.5 Å². The molecule has 1 aromatic carbocycles. The fourth-order valence-electron chi connectivity index (χ4n) is 1.28. The van der Waals surface area contributed by atoms with Crippen LogP contribution in [-0.2, 0) is 0 Å². The van der Waals surface area contributed by atoms with Crippen molar-refractivity contribution in [2.75, 3.05) is 5.73 Å². The number of rotatable bonds is 2. The van der Waals surface area contributed by atoms with E-state index < -0.39 is 0 Å². The summed E-state index contributed by atoms with van der Waals surface area (Å²) < 4.78 is 6.50. The third-order valence-electron chi connectivity index (χ3n) is 2.20. The van der Waals surface area contributed by atoms with Crippen molar-refractivity contribution in [1.29, 1.82) is 0 Å². The van der Waals surface area contributed by atoms with Crippen molar-refractivity contribution >= 4 is 21.6 Å². The lowest BCUT2D eigenvalue weighted by Gasteiger charge is -2.08. The number of nitrogens with zero attached hydrogens (tertiary/aromatic N) is 1. The molecular formula is C12H11BrN2O. The van der Waals surface area contributed by atoms with Crippen LogP contribution in [0, 0.1) is 6.92 Å². The minimum Gasteiger partial charge on any atom is -0.437 e. The molecule has 0 saturated heterocycles. The van der Waals surface area contributed by atoms with Gasteiger partial charge >= 0.3 is 0 Å². The van der Waals surface area contributed by atoms with Gasteiger partial charge in [-0.1, -0.05) is 12.1 Å². The van der Waals surface area contributed by atoms with Gasteiger partial charge in [0.1, 0.15) is 0 Å². The highest BCUT2D eigenvalue weighted by atomic mass is 79.9. The molecule has 2 aromatic rings. The van der Waals surface area contributed by atoms with E-state index in [-0.39, 0.29) is 0 Å². The molecule has 16 heavy (non-hydrogen) atoms. The molecule has 0 fully saturated rings. The van der Waals surface area contributed by atoms with Gasteiger partial charge in [-0.3, -0.25) is 0 Å². The third-order valence-corrected chi connectivity index (χ3v) is 2.67. The lowest BCUT2D eigenvalue weighted by atomic mass is 10.2. The number of para-hydroxylation sites is 1. The topological polar surface area (TPSA) is 48.1 Å². The van der Waals surface area contributed by atoms with E-state index >= 15 is 0 Å². The molecule has 2 N–H and O–H groups in total. The Hall–Kier alpha value is -1.55. The first kappa shape index (κ1) is 11.0. The third kappa shape index (κ3) is 2.33. The molecular weight excluding hydrogens is 268 g/mol. The fourth-order valence-corrected chi connectivity index (χ4v) is 1.51. The largest absolute Gasteiger partial charge is 0.437 e. The zero-order valence-corrected chi connectivity index (χ0v) is 10.4. The van der Waals surface area contributed by atoms with Gasteiger partial charge in [0.05, 0.1) is 5.69 Å². The SMILES string of the molecule is Cc1cccc(Oc2ccc(Br)cn2)c1N. The highest BCUT2D eigenvalue weighted by molar-refractivity contribution is 9.10. The van der Waals surface area contributed by atoms with Gasteiger partial charge in [-0.05, 0) is 40.5 Å². The first-order chi connectivity index (χ1) is 7.66. The van der Waals surface area contributed by atoms with Crippen LogP contribution in [0.2, 0.25) is 0 Å². The molecule has 0 amide bonds. The smallest absolute Gasteiger partial charge is 0.219 e. The summed E-state index contributed by atoms with van der Waals surface area (Å²) in [4.78, 5) is 4.12. The molecule has 2 rings (SSSR count). The molecule has 0 radical (unpaired) electrons. The molecule has 0 unspecified atom stereocenters. The number of halogens is 1. The zero-order valence-electron chi connectivity index (χ0n) is 8.77. The van der Waals surface area contributed by atoms with Crippen molar-refractivity contribution in [1.82, 2.24) is 4.98 Å². The summed E-state index contributed by atoms with van der Waals surface area (Å²) in [5, 5.41) is 0. The maximum absolute atomic E-state index is 5.90. The predicted molar refractivity (Wildman–Crippen MR) is 67.6 cm³/mol. The van der Waals surface area contributed by atoms with E-state index in [4.69, 9.17) is 10.5 Å². The van der Waals surface area contributed by atoms with Gasteiger partial charge in [-0.15, -0.1) is 0 Å². The van der Waals surface area contributed by atoms with Crippen LogP contribution in [0.5, 0.6) is 11.6 Å². The standard InChI is InChI=1S/C12H11BrN2O/c1-8-3-2-4-10(12(8)14)16-11-6-5-9(13)7-15-11/h2-7H,14H2,1H3. The molecule has 0 atom stereocenters. The zero-order chi connectivity index (χ0) is 11.5. The Morgan fingerprint density at radius 1 is 1.25 bits per heavy atom. The minimum atomic E-state index is 0.528. The normalized spacial score (nSPS) is 10.1. The molecule has 0 spiro atoms. The number of nitrogens with two attached hydrogens (primary N) is 1. The molecule has 1 heterocycles. The number of nitrogen functional groups attached to an aromatic ring is 1. The van der Waals surface area contributed by atoms with Crippen molar-refractivity contribution in [3.8, 4) is 11.6 Å². The summed E-state index contributed by atoms with van der Waals surface area (Å²) in [7, 11) is 0. The number of aryl methyl sites for hydroxylation is 1. The van der Waals surface area contributed by atoms with Crippen molar-refractivity contribution < 1.29 is 4.74 Å². The molecule has 0 aliphatic rings. The highest BCUT2D eigenvalue weighted by Crippen LogP contribution is 2.28. The van der Waals surface area contributed by atoms with Gasteiger partial charge in [0, 0.05) is 16.7 Å². The predicted octanol–water partition coefficient (Wildman–Crippen LogP) is 3.53. The van der Waals surface area contributed by atoms with Gasteiger partial charge in [0.25, 0.3) is 0 Å². The minimum absolute atomic E-state index is 0.528. The Balaban J connectivity index is 2.27. The average Bonchev–Trinajstić information content (AvgIpc) is 2.28. The number of benzene rings is 1. The number of ether oxygens (including phenoxy) is 1. The molecule has 82 valence electrons. The summed E-state index contributed by atoms with van der Waals surface area (Å²) in [6, 6.07) is 9.32. The Morgan fingerprint density at radius 2 is 2.06 bits per heavy atom. The fraction of sp³-hybridized carbons (Fsp3) is 0.0833. The van der Waals surface area contributed by atoms with E-state index in [1.54, 1.807) is 12.3 Å². The molecule has 0 saturated carbocycles. The monoisotopic (exact) mass is 278 g/mol. The molecule has 0 aliphatic carbocycles. The Labute approximate surface area is 102 Å². The molecule has 0 bridgehead atoms. The maximum atomic E-state index is 5.90. The number of aromatic nitrogens is 1. The summed E-state index contributed by atoms with van der Waals surface area (Å²) in [6.07, 6.45) is 1.68. The van der Waals surface area contributed by atoms with Gasteiger partial charge in [0.15, 0.2) is 5.75 Å². The Morgan fingerprint density at radius 3 is 2.75 bits per heavy atom. The second-order valence-corrected chi connectivity index (χ2v) is 4.32. The van der Waals surface area contributed by atoms with Crippen LogP contribution >= 0.6 is 15.9 Å². The summed E-state index contributed by atoms with van der Waals surface area (Å²) >= 11 is 3.31. The number of hydrogen-bond acceptors (Lipinski definition) is 3. The van der Waals surface area contributed by atoms with E-state index in [9.17, 15) is 0 Å². The summed E-state index contributed by atoms with van der Waals surface area (Å²) in [6.45, 7) is 1.94. The molecule has 4 heteroatoms. The maximum Gasteiger partial charge on any atom is 0.219 e. The van der Waals surface area contributed by atoms with Crippen LogP contribution in [0.1, 0.15) is 5.56 Å². The van der Waals surface area contributed by atoms with Crippen molar-refractivity contribution in [2.24, 2.45) is 0 Å². The Kier molecular flexibility index (Phi) is 3.10. The number of anilines is 1. The van der Waals surface area contributed by atoms with Gasteiger partial charge in [-0.2, -0.15) is 0 Å². The molecule has 1 aromatic heterocycles. The van der Waals surface area contributed by atoms with E-state index in [2.05, 4.69) is 20.9 Å². The molecule has 0 aliphatic heterocycles. The molecule has 3 nitrogen and oxygen atoms in total. The quantitative estimate of drug-likeness (QED) is 0.855. The summed E-state index contributed by atoms with van der Waals surface area (Å²) in [5.41, 5.74) is 7.54. The first-order valence-electron chi connectivity index (χ1n) is 4.81. The van der Waals surface area contributed by atoms with Crippen LogP contribution in [0.3, 0.4) is 0 Å². The van der Waals surface area contributed by atoms with Crippen LogP contribution in [0.15, 0.2) is 41.0 Å². The van der Waals surface area contributed by atoms with E-state index in [0.29, 0.717) is 17.3 Å². The van der Waals surface area contributed by atoms with E-state index in [1.807, 2.05) is 31.2 Å². The van der Waals surface area contributed by atoms with Crippen LogP contribution in [-0.4, -0.2) is 4.98 Å². The van der Waals surface area contributed by atoms with E-state index in [0.717, 1.165) is 10.0 Å². The second kappa shape index (κ2) is 4.53. The van der Waals surface area contributed by atoms with Gasteiger partial charge in [0.2, 0.25) is 5.88 Å².